The second-order valence-corrected chi connectivity index (χ2v) is 5.04. The number of rotatable bonds is 7. The molecule has 0 fully saturated rings. The Kier molecular flexibility index (Phi) is 4.84. The van der Waals surface area contributed by atoms with Gasteiger partial charge in [-0.25, -0.2) is 0 Å². The highest BCUT2D eigenvalue weighted by Crippen LogP contribution is 2.32. The fraction of sp³-hybridized carbons (Fsp3) is 0.533. The summed E-state index contributed by atoms with van der Waals surface area (Å²) >= 11 is 0. The first-order valence-corrected chi connectivity index (χ1v) is 7.07. The third kappa shape index (κ3) is 2.88. The number of methoxy groups -OCH3 is 1. The van der Waals surface area contributed by atoms with E-state index in [1.807, 2.05) is 16.8 Å². The summed E-state index contributed by atoms with van der Waals surface area (Å²) in [5, 5.41) is 7.94. The third-order valence-electron chi connectivity index (χ3n) is 3.21. The maximum absolute atomic E-state index is 5.59. The van der Waals surface area contributed by atoms with Gasteiger partial charge in [0.25, 0.3) is 0 Å². The first kappa shape index (κ1) is 14.7. The van der Waals surface area contributed by atoms with Gasteiger partial charge in [-0.2, -0.15) is 5.10 Å². The van der Waals surface area contributed by atoms with Crippen LogP contribution in [0.2, 0.25) is 0 Å². The van der Waals surface area contributed by atoms with E-state index < -0.39 is 0 Å². The van der Waals surface area contributed by atoms with E-state index in [1.165, 1.54) is 0 Å². The molecule has 0 aromatic carbocycles. The van der Waals surface area contributed by atoms with Crippen molar-refractivity contribution in [2.45, 2.75) is 39.3 Å². The number of nitrogens with zero attached hydrogens (tertiary/aromatic N) is 2. The molecule has 2 aromatic rings. The van der Waals surface area contributed by atoms with E-state index in [-0.39, 0.29) is 12.1 Å². The van der Waals surface area contributed by atoms with Gasteiger partial charge >= 0.3 is 0 Å². The summed E-state index contributed by atoms with van der Waals surface area (Å²) in [5.41, 5.74) is 1.01. The van der Waals surface area contributed by atoms with Crippen LogP contribution in [0.4, 0.5) is 0 Å². The minimum atomic E-state index is -0.0511. The molecule has 1 unspecified atom stereocenters. The highest BCUT2D eigenvalue weighted by molar-refractivity contribution is 5.33. The molecule has 20 heavy (non-hydrogen) atoms. The van der Waals surface area contributed by atoms with Crippen LogP contribution in [0.1, 0.15) is 50.7 Å². The number of nitrogens with one attached hydrogen (secondary N) is 1. The van der Waals surface area contributed by atoms with Crippen LogP contribution in [0.25, 0.3) is 0 Å². The first-order chi connectivity index (χ1) is 9.69. The van der Waals surface area contributed by atoms with Crippen molar-refractivity contribution < 1.29 is 9.15 Å². The zero-order valence-corrected chi connectivity index (χ0v) is 12.6. The summed E-state index contributed by atoms with van der Waals surface area (Å²) in [6.07, 6.45) is 4.51. The normalized spacial score (nSPS) is 12.8. The molecule has 1 N–H and O–H groups in total. The van der Waals surface area contributed by atoms with Gasteiger partial charge in [-0.1, -0.05) is 6.92 Å². The Morgan fingerprint density at radius 2 is 2.25 bits per heavy atom. The summed E-state index contributed by atoms with van der Waals surface area (Å²) in [5.74, 6) is 1.66. The van der Waals surface area contributed by atoms with E-state index >= 15 is 0 Å². The number of aromatic nitrogens is 2. The largest absolute Gasteiger partial charge is 0.493 e. The molecule has 5 heteroatoms. The van der Waals surface area contributed by atoms with E-state index in [0.717, 1.165) is 30.2 Å². The highest BCUT2D eigenvalue weighted by atomic mass is 16.5. The average molecular weight is 277 g/mol. The van der Waals surface area contributed by atoms with Crippen molar-refractivity contribution in [1.29, 1.82) is 0 Å². The predicted molar refractivity (Wildman–Crippen MR) is 78.0 cm³/mol. The molecular weight excluding hydrogens is 254 g/mol. The SMILES string of the molecule is CCCNC(c1ccco1)c1c(OC)cnn1C(C)C. The lowest BCUT2D eigenvalue weighted by atomic mass is 10.1. The molecule has 2 rings (SSSR count). The van der Waals surface area contributed by atoms with Crippen LogP contribution < -0.4 is 10.1 Å². The van der Waals surface area contributed by atoms with Gasteiger partial charge in [-0.15, -0.1) is 0 Å². The minimum Gasteiger partial charge on any atom is -0.493 e. The Morgan fingerprint density at radius 1 is 1.45 bits per heavy atom. The summed E-state index contributed by atoms with van der Waals surface area (Å²) in [4.78, 5) is 0. The quantitative estimate of drug-likeness (QED) is 0.844. The smallest absolute Gasteiger partial charge is 0.162 e. The highest BCUT2D eigenvalue weighted by Gasteiger charge is 2.26. The molecular formula is C15H23N3O2. The van der Waals surface area contributed by atoms with Gasteiger partial charge in [-0.3, -0.25) is 4.68 Å². The lowest BCUT2D eigenvalue weighted by molar-refractivity contribution is 0.375. The summed E-state index contributed by atoms with van der Waals surface area (Å²) in [7, 11) is 1.67. The van der Waals surface area contributed by atoms with Crippen molar-refractivity contribution in [3.05, 3.63) is 36.0 Å². The molecule has 5 nitrogen and oxygen atoms in total. The molecule has 0 amide bonds. The maximum Gasteiger partial charge on any atom is 0.162 e. The van der Waals surface area contributed by atoms with Crippen LogP contribution in [0, 0.1) is 0 Å². The Morgan fingerprint density at radius 3 is 2.80 bits per heavy atom. The Bertz CT molecular complexity index is 517. The molecule has 0 spiro atoms. The molecule has 0 aliphatic rings. The fourth-order valence-electron chi connectivity index (χ4n) is 2.28. The number of furan rings is 1. The molecule has 1 atom stereocenters. The van der Waals surface area contributed by atoms with Gasteiger partial charge < -0.3 is 14.5 Å². The second kappa shape index (κ2) is 6.61. The molecule has 0 aliphatic heterocycles. The third-order valence-corrected chi connectivity index (χ3v) is 3.21. The summed E-state index contributed by atoms with van der Waals surface area (Å²) < 4.78 is 13.0. The van der Waals surface area contributed by atoms with E-state index in [9.17, 15) is 0 Å². The van der Waals surface area contributed by atoms with Crippen LogP contribution in [0.5, 0.6) is 5.75 Å². The standard InChI is InChI=1S/C15H23N3O2/c1-5-8-16-14(12-7-6-9-20-12)15-13(19-4)10-17-18(15)11(2)3/h6-7,9-11,14,16H,5,8H2,1-4H3. The number of hydrogen-bond acceptors (Lipinski definition) is 4. The zero-order chi connectivity index (χ0) is 14.5. The van der Waals surface area contributed by atoms with Crippen molar-refractivity contribution >= 4 is 0 Å². The van der Waals surface area contributed by atoms with E-state index in [2.05, 4.69) is 31.2 Å². The van der Waals surface area contributed by atoms with Crippen molar-refractivity contribution in [3.63, 3.8) is 0 Å². The zero-order valence-electron chi connectivity index (χ0n) is 12.6. The molecule has 0 radical (unpaired) electrons. The number of ether oxygens (including phenoxy) is 1. The van der Waals surface area contributed by atoms with Crippen molar-refractivity contribution in [2.24, 2.45) is 0 Å². The van der Waals surface area contributed by atoms with Gasteiger partial charge in [0.1, 0.15) is 17.5 Å². The van der Waals surface area contributed by atoms with Crippen molar-refractivity contribution in [1.82, 2.24) is 15.1 Å². The summed E-state index contributed by atoms with van der Waals surface area (Å²) in [6, 6.07) is 4.09. The molecule has 0 bridgehead atoms. The van der Waals surface area contributed by atoms with Crippen molar-refractivity contribution in [2.75, 3.05) is 13.7 Å². The minimum absolute atomic E-state index is 0.0511. The molecule has 2 aromatic heterocycles. The lowest BCUT2D eigenvalue weighted by Gasteiger charge is -2.21. The first-order valence-electron chi connectivity index (χ1n) is 7.07. The number of hydrogen-bond donors (Lipinski definition) is 1. The van der Waals surface area contributed by atoms with Gasteiger partial charge in [0.2, 0.25) is 0 Å². The van der Waals surface area contributed by atoms with Crippen LogP contribution in [-0.4, -0.2) is 23.4 Å². The molecule has 0 aliphatic carbocycles. The molecule has 0 saturated carbocycles. The van der Waals surface area contributed by atoms with Crippen LogP contribution >= 0.6 is 0 Å². The van der Waals surface area contributed by atoms with Gasteiger partial charge in [0, 0.05) is 6.04 Å². The van der Waals surface area contributed by atoms with E-state index in [0.29, 0.717) is 0 Å². The Hall–Kier alpha value is -1.75. The second-order valence-electron chi connectivity index (χ2n) is 5.04. The molecule has 110 valence electrons. The Labute approximate surface area is 119 Å². The van der Waals surface area contributed by atoms with Crippen LogP contribution in [0.3, 0.4) is 0 Å². The monoisotopic (exact) mass is 277 g/mol. The predicted octanol–water partition coefficient (Wildman–Crippen LogP) is 3.15. The maximum atomic E-state index is 5.59. The average Bonchev–Trinajstić information content (AvgIpc) is 3.08. The summed E-state index contributed by atoms with van der Waals surface area (Å²) in [6.45, 7) is 7.25. The fourth-order valence-corrected chi connectivity index (χ4v) is 2.28. The van der Waals surface area contributed by atoms with Crippen LogP contribution in [-0.2, 0) is 0 Å². The van der Waals surface area contributed by atoms with E-state index in [4.69, 9.17) is 9.15 Å². The van der Waals surface area contributed by atoms with Gasteiger partial charge in [0.05, 0.1) is 19.6 Å². The van der Waals surface area contributed by atoms with Gasteiger partial charge in [0.15, 0.2) is 5.75 Å². The van der Waals surface area contributed by atoms with Crippen LogP contribution in [0.15, 0.2) is 29.0 Å². The van der Waals surface area contributed by atoms with Gasteiger partial charge in [-0.05, 0) is 38.9 Å². The topological polar surface area (TPSA) is 52.2 Å². The molecule has 0 saturated heterocycles. The lowest BCUT2D eigenvalue weighted by Crippen LogP contribution is -2.26. The molecule has 2 heterocycles. The Balaban J connectivity index is 2.44. The van der Waals surface area contributed by atoms with Crippen molar-refractivity contribution in [3.8, 4) is 5.75 Å². The van der Waals surface area contributed by atoms with E-state index in [1.54, 1.807) is 19.6 Å².